The van der Waals surface area contributed by atoms with Gasteiger partial charge in [-0.15, -0.1) is 0 Å². The molecule has 0 heterocycles. The number of hydrogen-bond acceptors (Lipinski definition) is 7. The topological polar surface area (TPSA) is 109 Å². The van der Waals surface area contributed by atoms with Gasteiger partial charge in [-0.3, -0.25) is 4.79 Å². The number of allylic oxidation sites excluding steroid dienone is 3. The van der Waals surface area contributed by atoms with E-state index in [9.17, 15) is 33.4 Å². The van der Waals surface area contributed by atoms with Crippen LogP contribution in [0.3, 0.4) is 0 Å². The lowest BCUT2D eigenvalue weighted by atomic mass is 9.90. The third kappa shape index (κ3) is 8.49. The number of oxime groups is 1. The number of benzene rings is 1. The average molecular weight is 485 g/mol. The third-order valence-corrected chi connectivity index (χ3v) is 5.56. The van der Waals surface area contributed by atoms with Gasteiger partial charge in [0.25, 0.3) is 0 Å². The zero-order valence-corrected chi connectivity index (χ0v) is 18.8. The molecular weight excluding hydrogens is 455 g/mol. The molecule has 4 atom stereocenters. The summed E-state index contributed by atoms with van der Waals surface area (Å²) >= 11 is 0. The molecule has 2 rings (SSSR count). The molecule has 0 saturated heterocycles. The predicted octanol–water partition coefficient (Wildman–Crippen LogP) is 4.12. The van der Waals surface area contributed by atoms with Crippen LogP contribution in [0.1, 0.15) is 37.7 Å². The Balaban J connectivity index is 1.92. The molecule has 1 aromatic carbocycles. The molecule has 0 aliphatic heterocycles. The number of carbonyl (C=O) groups is 1. The maximum Gasteiger partial charge on any atom is 0.416 e. The van der Waals surface area contributed by atoms with Crippen molar-refractivity contribution in [2.45, 2.75) is 50.5 Å². The van der Waals surface area contributed by atoms with E-state index >= 15 is 0 Å². The summed E-state index contributed by atoms with van der Waals surface area (Å²) in [6, 6.07) is 4.37. The highest BCUT2D eigenvalue weighted by atomic mass is 19.4. The Morgan fingerprint density at radius 3 is 2.76 bits per heavy atom. The number of halogens is 3. The molecule has 34 heavy (non-hydrogen) atoms. The maximum absolute atomic E-state index is 12.8. The second kappa shape index (κ2) is 13.1. The summed E-state index contributed by atoms with van der Waals surface area (Å²) in [6.07, 6.45) is 2.77. The molecule has 1 aromatic rings. The van der Waals surface area contributed by atoms with Crippen molar-refractivity contribution in [2.75, 3.05) is 13.7 Å². The molecule has 0 amide bonds. The summed E-state index contributed by atoms with van der Waals surface area (Å²) in [5, 5.41) is 33.1. The summed E-state index contributed by atoms with van der Waals surface area (Å²) in [4.78, 5) is 11.1. The molecule has 1 aliphatic rings. The Kier molecular flexibility index (Phi) is 10.6. The molecule has 1 fully saturated rings. The van der Waals surface area contributed by atoms with Crippen molar-refractivity contribution in [3.05, 3.63) is 54.1 Å². The number of carbonyl (C=O) groups excluding carboxylic acids is 1. The lowest BCUT2D eigenvalue weighted by Crippen LogP contribution is -2.20. The molecule has 0 unspecified atom stereocenters. The van der Waals surface area contributed by atoms with Crippen LogP contribution < -0.4 is 4.74 Å². The monoisotopic (exact) mass is 485 g/mol. The summed E-state index contributed by atoms with van der Waals surface area (Å²) in [5.41, 5.74) is -0.473. The first-order valence-electron chi connectivity index (χ1n) is 10.9. The van der Waals surface area contributed by atoms with Crippen molar-refractivity contribution in [3.63, 3.8) is 0 Å². The zero-order chi connectivity index (χ0) is 25.1. The fourth-order valence-electron chi connectivity index (χ4n) is 3.74. The fourth-order valence-corrected chi connectivity index (χ4v) is 3.74. The largest absolute Gasteiger partial charge is 0.491 e. The standard InChI is InChI=1S/C24H30F3NO6/c1-33-23(31)10-5-3-2-4-9-20-19(21(28-32)14-22(20)30)12-11-17(29)15-34-18-8-6-7-16(13-18)24(25,26)27/h2,4,6-8,11-13,17,19-20,22,29-30,32H,3,5,9-10,14-15H2,1H3/b4-2-,12-11+,28-21-/t17-,19-,20-,22+/m1/s1. The lowest BCUT2D eigenvalue weighted by molar-refractivity contribution is -0.140. The maximum atomic E-state index is 12.8. The van der Waals surface area contributed by atoms with E-state index in [1.165, 1.54) is 25.3 Å². The van der Waals surface area contributed by atoms with Gasteiger partial charge in [-0.05, 0) is 37.5 Å². The minimum Gasteiger partial charge on any atom is -0.491 e. The predicted molar refractivity (Wildman–Crippen MR) is 119 cm³/mol. The van der Waals surface area contributed by atoms with Crippen LogP contribution in [0, 0.1) is 11.8 Å². The Hall–Kier alpha value is -2.85. The number of alkyl halides is 3. The second-order valence-corrected chi connectivity index (χ2v) is 8.02. The number of aliphatic hydroxyl groups excluding tert-OH is 2. The fraction of sp³-hybridized carbons (Fsp3) is 0.500. The molecule has 3 N–H and O–H groups in total. The van der Waals surface area contributed by atoms with E-state index in [1.54, 1.807) is 6.08 Å². The molecule has 0 radical (unpaired) electrons. The van der Waals surface area contributed by atoms with Crippen LogP contribution in [-0.2, 0) is 15.7 Å². The number of unbranched alkanes of at least 4 members (excludes halogenated alkanes) is 1. The normalized spacial score (nSPS) is 23.1. The van der Waals surface area contributed by atoms with Gasteiger partial charge in [-0.1, -0.05) is 35.5 Å². The second-order valence-electron chi connectivity index (χ2n) is 8.02. The molecule has 1 aliphatic carbocycles. The van der Waals surface area contributed by atoms with Gasteiger partial charge in [0, 0.05) is 24.7 Å². The highest BCUT2D eigenvalue weighted by Gasteiger charge is 2.38. The first kappa shape index (κ1) is 27.4. The van der Waals surface area contributed by atoms with Crippen LogP contribution in [0.15, 0.2) is 53.7 Å². The van der Waals surface area contributed by atoms with Gasteiger partial charge in [0.2, 0.25) is 0 Å². The Morgan fingerprint density at radius 1 is 1.32 bits per heavy atom. The van der Waals surface area contributed by atoms with E-state index in [0.29, 0.717) is 31.4 Å². The van der Waals surface area contributed by atoms with E-state index in [4.69, 9.17) is 4.74 Å². The van der Waals surface area contributed by atoms with Gasteiger partial charge < -0.3 is 24.9 Å². The van der Waals surface area contributed by atoms with Crippen molar-refractivity contribution >= 4 is 11.7 Å². The van der Waals surface area contributed by atoms with Crippen LogP contribution in [0.2, 0.25) is 0 Å². The Labute approximate surface area is 196 Å². The highest BCUT2D eigenvalue weighted by Crippen LogP contribution is 2.34. The van der Waals surface area contributed by atoms with E-state index < -0.39 is 29.9 Å². The number of hydrogen-bond donors (Lipinski definition) is 3. The van der Waals surface area contributed by atoms with Gasteiger partial charge in [-0.2, -0.15) is 13.2 Å². The van der Waals surface area contributed by atoms with Gasteiger partial charge in [0.15, 0.2) is 0 Å². The molecule has 0 bridgehead atoms. The number of aliphatic hydroxyl groups is 2. The summed E-state index contributed by atoms with van der Waals surface area (Å²) in [6.45, 7) is -0.274. The minimum atomic E-state index is -4.49. The van der Waals surface area contributed by atoms with E-state index in [0.717, 1.165) is 12.1 Å². The Morgan fingerprint density at radius 2 is 2.09 bits per heavy atom. The highest BCUT2D eigenvalue weighted by molar-refractivity contribution is 5.90. The quantitative estimate of drug-likeness (QED) is 0.143. The number of esters is 1. The smallest absolute Gasteiger partial charge is 0.416 e. The SMILES string of the molecule is COC(=O)CCC/C=C\C[C@H]1[C@@H](O)C/C(=N/O)[C@@H]1/C=C/[C@@H](O)COc1cccc(C(F)(F)F)c1. The zero-order valence-electron chi connectivity index (χ0n) is 18.8. The minimum absolute atomic E-state index is 0.0219. The van der Waals surface area contributed by atoms with Crippen LogP contribution >= 0.6 is 0 Å². The van der Waals surface area contributed by atoms with Crippen LogP contribution in [0.5, 0.6) is 5.75 Å². The molecule has 7 nitrogen and oxygen atoms in total. The van der Waals surface area contributed by atoms with E-state index in [1.807, 2.05) is 12.2 Å². The summed E-state index contributed by atoms with van der Waals surface area (Å²) in [5.74, 6) is -1.01. The molecular formula is C24H30F3NO6. The van der Waals surface area contributed by atoms with E-state index in [-0.39, 0.29) is 30.7 Å². The average Bonchev–Trinajstić information content (AvgIpc) is 3.12. The van der Waals surface area contributed by atoms with Gasteiger partial charge in [0.1, 0.15) is 18.5 Å². The van der Waals surface area contributed by atoms with Crippen molar-refractivity contribution in [2.24, 2.45) is 17.0 Å². The van der Waals surface area contributed by atoms with Gasteiger partial charge >= 0.3 is 12.1 Å². The number of rotatable bonds is 11. The number of methoxy groups -OCH3 is 1. The van der Waals surface area contributed by atoms with E-state index in [2.05, 4.69) is 9.89 Å². The van der Waals surface area contributed by atoms with Crippen molar-refractivity contribution < 1.29 is 42.9 Å². The molecule has 0 aromatic heterocycles. The van der Waals surface area contributed by atoms with Crippen LogP contribution in [-0.4, -0.2) is 53.0 Å². The van der Waals surface area contributed by atoms with Crippen molar-refractivity contribution in [1.29, 1.82) is 0 Å². The lowest BCUT2D eigenvalue weighted by Gasteiger charge is -2.18. The molecule has 1 saturated carbocycles. The van der Waals surface area contributed by atoms with Gasteiger partial charge in [-0.25, -0.2) is 0 Å². The van der Waals surface area contributed by atoms with Crippen LogP contribution in [0.4, 0.5) is 13.2 Å². The third-order valence-electron chi connectivity index (χ3n) is 5.56. The molecule has 188 valence electrons. The summed E-state index contributed by atoms with van der Waals surface area (Å²) < 4.78 is 48.3. The molecule has 10 heteroatoms. The van der Waals surface area contributed by atoms with Crippen molar-refractivity contribution in [1.82, 2.24) is 0 Å². The number of ether oxygens (including phenoxy) is 2. The van der Waals surface area contributed by atoms with Gasteiger partial charge in [0.05, 0.1) is 24.5 Å². The first-order chi connectivity index (χ1) is 16.2. The van der Waals surface area contributed by atoms with Crippen molar-refractivity contribution in [3.8, 4) is 5.75 Å². The summed E-state index contributed by atoms with van der Waals surface area (Å²) in [7, 11) is 1.34. The number of nitrogens with zero attached hydrogens (tertiary/aromatic N) is 1. The first-order valence-corrected chi connectivity index (χ1v) is 10.9. The van der Waals surface area contributed by atoms with Crippen LogP contribution in [0.25, 0.3) is 0 Å². The molecule has 0 spiro atoms. The Bertz CT molecular complexity index is 884.